The van der Waals surface area contributed by atoms with Crippen LogP contribution >= 0.6 is 0 Å². The Hall–Kier alpha value is -2.36. The van der Waals surface area contributed by atoms with Gasteiger partial charge in [0.05, 0.1) is 5.56 Å². The number of nitrogens with zero attached hydrogens (tertiary/aromatic N) is 2. The van der Waals surface area contributed by atoms with E-state index in [0.29, 0.717) is 5.56 Å². The summed E-state index contributed by atoms with van der Waals surface area (Å²) in [6, 6.07) is 11.0. The van der Waals surface area contributed by atoms with E-state index in [9.17, 15) is 4.79 Å². The first-order valence-corrected chi connectivity index (χ1v) is 5.80. The highest BCUT2D eigenvalue weighted by atomic mass is 16.4. The number of pyridine rings is 1. The molecule has 0 saturated heterocycles. The highest BCUT2D eigenvalue weighted by Crippen LogP contribution is 2.33. The molecule has 1 aromatic carbocycles. The molecule has 0 atom stereocenters. The summed E-state index contributed by atoms with van der Waals surface area (Å²) in [4.78, 5) is 17.4. The molecule has 0 amide bonds. The molecular formula is C14H12N2O2. The number of anilines is 2. The predicted octanol–water partition coefficient (Wildman–Crippen LogP) is 2.47. The van der Waals surface area contributed by atoms with Crippen LogP contribution in [0.2, 0.25) is 0 Å². The van der Waals surface area contributed by atoms with Crippen LogP contribution in [0.15, 0.2) is 42.6 Å². The Morgan fingerprint density at radius 1 is 1.28 bits per heavy atom. The Labute approximate surface area is 105 Å². The topological polar surface area (TPSA) is 53.4 Å². The predicted molar refractivity (Wildman–Crippen MR) is 68.3 cm³/mol. The monoisotopic (exact) mass is 240 g/mol. The summed E-state index contributed by atoms with van der Waals surface area (Å²) in [5.41, 5.74) is 2.47. The first-order valence-electron chi connectivity index (χ1n) is 5.80. The fourth-order valence-electron chi connectivity index (χ4n) is 2.29. The minimum atomic E-state index is -0.880. The van der Waals surface area contributed by atoms with Gasteiger partial charge in [-0.1, -0.05) is 6.07 Å². The SMILES string of the molecule is O=C(O)c1ccc2c(c1)CCN2c1ccccn1. The molecule has 2 heterocycles. The molecule has 90 valence electrons. The quantitative estimate of drug-likeness (QED) is 0.876. The fourth-order valence-corrected chi connectivity index (χ4v) is 2.29. The van der Waals surface area contributed by atoms with Gasteiger partial charge >= 0.3 is 5.97 Å². The van der Waals surface area contributed by atoms with E-state index in [4.69, 9.17) is 5.11 Å². The third-order valence-electron chi connectivity index (χ3n) is 3.15. The lowest BCUT2D eigenvalue weighted by Crippen LogP contribution is -2.14. The van der Waals surface area contributed by atoms with Gasteiger partial charge in [-0.15, -0.1) is 0 Å². The third-order valence-corrected chi connectivity index (χ3v) is 3.15. The lowest BCUT2D eigenvalue weighted by molar-refractivity contribution is 0.0697. The van der Waals surface area contributed by atoms with Gasteiger partial charge < -0.3 is 10.0 Å². The van der Waals surface area contributed by atoms with Gasteiger partial charge in [0, 0.05) is 18.4 Å². The molecule has 0 spiro atoms. The Morgan fingerprint density at radius 3 is 2.89 bits per heavy atom. The molecule has 3 rings (SSSR count). The minimum Gasteiger partial charge on any atom is -0.478 e. The normalized spacial score (nSPS) is 13.4. The molecule has 0 saturated carbocycles. The average molecular weight is 240 g/mol. The second-order valence-electron chi connectivity index (χ2n) is 4.24. The Morgan fingerprint density at radius 2 is 2.17 bits per heavy atom. The summed E-state index contributed by atoms with van der Waals surface area (Å²) in [6.07, 6.45) is 2.62. The van der Waals surface area contributed by atoms with E-state index in [-0.39, 0.29) is 0 Å². The molecule has 2 aromatic rings. The molecule has 0 fully saturated rings. The molecule has 1 aliphatic heterocycles. The van der Waals surface area contributed by atoms with Crippen LogP contribution in [-0.4, -0.2) is 22.6 Å². The second kappa shape index (κ2) is 4.14. The zero-order chi connectivity index (χ0) is 12.5. The lowest BCUT2D eigenvalue weighted by Gasteiger charge is -2.17. The van der Waals surface area contributed by atoms with Gasteiger partial charge in [0.2, 0.25) is 0 Å². The molecule has 0 bridgehead atoms. The zero-order valence-electron chi connectivity index (χ0n) is 9.71. The number of hydrogen-bond acceptors (Lipinski definition) is 3. The summed E-state index contributed by atoms with van der Waals surface area (Å²) >= 11 is 0. The Balaban J connectivity index is 2.00. The summed E-state index contributed by atoms with van der Waals surface area (Å²) in [5, 5.41) is 8.97. The highest BCUT2D eigenvalue weighted by molar-refractivity contribution is 5.89. The van der Waals surface area contributed by atoms with E-state index in [2.05, 4.69) is 9.88 Å². The summed E-state index contributed by atoms with van der Waals surface area (Å²) in [6.45, 7) is 0.843. The molecule has 4 heteroatoms. The Kier molecular flexibility index (Phi) is 2.48. The number of carboxylic acid groups (broad SMARTS) is 1. The molecule has 0 unspecified atom stereocenters. The number of hydrogen-bond donors (Lipinski definition) is 1. The summed E-state index contributed by atoms with van der Waals surface area (Å²) in [5.74, 6) is 0.0217. The van der Waals surface area contributed by atoms with Crippen molar-refractivity contribution in [2.75, 3.05) is 11.4 Å². The van der Waals surface area contributed by atoms with Crippen LogP contribution in [-0.2, 0) is 6.42 Å². The van der Waals surface area contributed by atoms with E-state index in [1.807, 2.05) is 24.3 Å². The Bertz CT molecular complexity index is 596. The molecule has 0 radical (unpaired) electrons. The number of fused-ring (bicyclic) bond motifs is 1. The van der Waals surface area contributed by atoms with Crippen molar-refractivity contribution in [3.8, 4) is 0 Å². The van der Waals surface area contributed by atoms with Crippen LogP contribution in [0.3, 0.4) is 0 Å². The molecular weight excluding hydrogens is 228 g/mol. The van der Waals surface area contributed by atoms with Crippen molar-refractivity contribution in [1.29, 1.82) is 0 Å². The zero-order valence-corrected chi connectivity index (χ0v) is 9.71. The fraction of sp³-hybridized carbons (Fsp3) is 0.143. The van der Waals surface area contributed by atoms with Crippen LogP contribution in [0, 0.1) is 0 Å². The average Bonchev–Trinajstić information content (AvgIpc) is 2.82. The van der Waals surface area contributed by atoms with Crippen molar-refractivity contribution in [3.05, 3.63) is 53.7 Å². The van der Waals surface area contributed by atoms with Gasteiger partial charge in [-0.25, -0.2) is 9.78 Å². The van der Waals surface area contributed by atoms with Crippen molar-refractivity contribution in [2.24, 2.45) is 0 Å². The van der Waals surface area contributed by atoms with E-state index >= 15 is 0 Å². The van der Waals surface area contributed by atoms with Crippen LogP contribution in [0.1, 0.15) is 15.9 Å². The maximum atomic E-state index is 10.9. The number of benzene rings is 1. The second-order valence-corrected chi connectivity index (χ2v) is 4.24. The summed E-state index contributed by atoms with van der Waals surface area (Å²) in [7, 11) is 0. The maximum Gasteiger partial charge on any atom is 0.335 e. The van der Waals surface area contributed by atoms with Crippen LogP contribution in [0.5, 0.6) is 0 Å². The number of carbonyl (C=O) groups is 1. The van der Waals surface area contributed by atoms with Crippen LogP contribution in [0.4, 0.5) is 11.5 Å². The smallest absolute Gasteiger partial charge is 0.335 e. The number of rotatable bonds is 2. The van der Waals surface area contributed by atoms with Gasteiger partial charge in [-0.3, -0.25) is 0 Å². The van der Waals surface area contributed by atoms with Crippen molar-refractivity contribution >= 4 is 17.5 Å². The molecule has 1 aliphatic rings. The standard InChI is InChI=1S/C14H12N2O2/c17-14(18)11-4-5-12-10(9-11)6-8-16(12)13-3-1-2-7-15-13/h1-5,7,9H,6,8H2,(H,17,18). The number of carboxylic acids is 1. The van der Waals surface area contributed by atoms with Gasteiger partial charge in [0.15, 0.2) is 0 Å². The van der Waals surface area contributed by atoms with Crippen LogP contribution < -0.4 is 4.90 Å². The van der Waals surface area contributed by atoms with Gasteiger partial charge in [-0.2, -0.15) is 0 Å². The van der Waals surface area contributed by atoms with Gasteiger partial charge in [0.1, 0.15) is 5.82 Å². The van der Waals surface area contributed by atoms with Crippen molar-refractivity contribution in [2.45, 2.75) is 6.42 Å². The summed E-state index contributed by atoms with van der Waals surface area (Å²) < 4.78 is 0. The first-order chi connectivity index (χ1) is 8.75. The molecule has 1 N–H and O–H groups in total. The third kappa shape index (κ3) is 1.72. The lowest BCUT2D eigenvalue weighted by atomic mass is 10.1. The van der Waals surface area contributed by atoms with Crippen LogP contribution in [0.25, 0.3) is 0 Å². The van der Waals surface area contributed by atoms with E-state index < -0.39 is 5.97 Å². The van der Waals surface area contributed by atoms with Gasteiger partial charge in [0.25, 0.3) is 0 Å². The molecule has 18 heavy (non-hydrogen) atoms. The number of aromatic nitrogens is 1. The van der Waals surface area contributed by atoms with Crippen molar-refractivity contribution < 1.29 is 9.90 Å². The number of aromatic carboxylic acids is 1. The minimum absolute atomic E-state index is 0.344. The van der Waals surface area contributed by atoms with E-state index in [1.54, 1.807) is 18.3 Å². The van der Waals surface area contributed by atoms with Crippen molar-refractivity contribution in [1.82, 2.24) is 4.98 Å². The maximum absolute atomic E-state index is 10.9. The van der Waals surface area contributed by atoms with Gasteiger partial charge in [-0.05, 0) is 42.3 Å². The molecule has 1 aromatic heterocycles. The first kappa shape index (κ1) is 10.8. The van der Waals surface area contributed by atoms with E-state index in [0.717, 1.165) is 30.0 Å². The molecule has 4 nitrogen and oxygen atoms in total. The van der Waals surface area contributed by atoms with E-state index in [1.165, 1.54) is 0 Å². The largest absolute Gasteiger partial charge is 0.478 e. The van der Waals surface area contributed by atoms with Crippen molar-refractivity contribution in [3.63, 3.8) is 0 Å². The highest BCUT2D eigenvalue weighted by Gasteiger charge is 2.22. The molecule has 0 aliphatic carbocycles.